The lowest BCUT2D eigenvalue weighted by atomic mass is 10.0. The first kappa shape index (κ1) is 142. The topological polar surface area (TPSA) is 243 Å². The molecule has 132 heavy (non-hydrogen) atoms. The second kappa shape index (κ2) is 153. The Morgan fingerprint density at radius 3 is 0.0833 bits per heavy atom. The van der Waals surface area contributed by atoms with E-state index in [1.165, 1.54) is 616 Å². The third-order valence-corrected chi connectivity index (χ3v) is 27.4. The minimum Gasteiger partial charge on any atom is -0.396 e. The number of aliphatic hydroxyl groups is 12. The lowest BCUT2D eigenvalue weighted by molar-refractivity contribution is 0.282. The largest absolute Gasteiger partial charge is 0.396 e. The van der Waals surface area contributed by atoms with Crippen LogP contribution in [0.25, 0.3) is 0 Å². The van der Waals surface area contributed by atoms with Gasteiger partial charge in [0.15, 0.2) is 0 Å². The molecule has 0 aromatic rings. The summed E-state index contributed by atoms with van der Waals surface area (Å²) in [5.74, 6) is 0. The summed E-state index contributed by atoms with van der Waals surface area (Å²) in [7, 11) is 0. The van der Waals surface area contributed by atoms with Gasteiger partial charge in [0.2, 0.25) is 0 Å². The SMILES string of the molecule is OCCCCCCCCCCCCCCCCCCCCO.OCCCCCCCCCCCCCCCCCCCCO.OCCCCCCCCCCCCCCCCCCCCO.OCCCCCCCCCCCCCCCCCCCCO.OCCCCCCCCCCCCCCCCCCCCO.OCCCCCCCCCCCCCCCCCCCCO. The average Bonchev–Trinajstić information content (AvgIpc) is 1.12. The monoisotopic (exact) mass is 1890 g/mol. The molecule has 12 nitrogen and oxygen atoms in total. The van der Waals surface area contributed by atoms with Gasteiger partial charge in [-0.3, -0.25) is 0 Å². The molecule has 0 bridgehead atoms. The Bertz CT molecular complexity index is 1290. The number of hydrogen-bond acceptors (Lipinski definition) is 12. The first-order valence-electron chi connectivity index (χ1n) is 60.8. The standard InChI is InChI=1S/6C20H42O2/c6*21-19-17-15-13-11-9-7-5-3-1-2-4-6-8-10-12-14-16-18-20-22/h6*21-22H,1-20H2. The average molecular weight is 1890 g/mol. The Morgan fingerprint density at radius 1 is 0.0379 bits per heavy atom. The second-order valence-electron chi connectivity index (χ2n) is 40.9. The highest BCUT2D eigenvalue weighted by Gasteiger charge is 2.04. The van der Waals surface area contributed by atoms with Crippen LogP contribution in [0, 0.1) is 0 Å². The van der Waals surface area contributed by atoms with Crippen molar-refractivity contribution in [3.05, 3.63) is 0 Å². The van der Waals surface area contributed by atoms with Gasteiger partial charge in [-0.05, 0) is 77.0 Å². The van der Waals surface area contributed by atoms with Gasteiger partial charge in [-0.1, -0.05) is 616 Å². The number of rotatable bonds is 114. The van der Waals surface area contributed by atoms with Crippen LogP contribution in [0.3, 0.4) is 0 Å². The van der Waals surface area contributed by atoms with E-state index in [1.54, 1.807) is 0 Å². The van der Waals surface area contributed by atoms with Crippen LogP contribution < -0.4 is 0 Å². The molecule has 0 heterocycles. The maximum atomic E-state index is 8.69. The zero-order valence-corrected chi connectivity index (χ0v) is 90.2. The number of unbranched alkanes of at least 4 members (excludes halogenated alkanes) is 102. The first-order chi connectivity index (χ1) is 65.5. The predicted octanol–water partition coefficient (Wildman–Crippen LogP) is 36.0. The summed E-state index contributed by atoms with van der Waals surface area (Å²) in [4.78, 5) is 0. The number of hydrogen-bond donors (Lipinski definition) is 12. The zero-order valence-electron chi connectivity index (χ0n) is 90.2. The summed E-state index contributed by atoms with van der Waals surface area (Å²) < 4.78 is 0. The van der Waals surface area contributed by atoms with Crippen molar-refractivity contribution < 1.29 is 61.3 Å². The van der Waals surface area contributed by atoms with Crippen molar-refractivity contribution in [2.75, 3.05) is 79.3 Å². The van der Waals surface area contributed by atoms with Crippen molar-refractivity contribution in [3.8, 4) is 0 Å². The van der Waals surface area contributed by atoms with E-state index in [-0.39, 0.29) is 0 Å². The Kier molecular flexibility index (Phi) is 165. The van der Waals surface area contributed by atoms with Crippen LogP contribution in [-0.2, 0) is 0 Å². The molecule has 12 heteroatoms. The zero-order chi connectivity index (χ0) is 96.9. The molecule has 0 saturated carbocycles. The van der Waals surface area contributed by atoms with Crippen molar-refractivity contribution in [3.63, 3.8) is 0 Å². The smallest absolute Gasteiger partial charge is 0.0431 e. The van der Waals surface area contributed by atoms with Crippen LogP contribution in [-0.4, -0.2) is 141 Å². The third-order valence-electron chi connectivity index (χ3n) is 27.4. The molecule has 804 valence electrons. The molecule has 0 rings (SSSR count). The van der Waals surface area contributed by atoms with Crippen LogP contribution in [0.15, 0.2) is 0 Å². The number of aliphatic hydroxyl groups excluding tert-OH is 12. The second-order valence-corrected chi connectivity index (χ2v) is 40.9. The minimum absolute atomic E-state index is 0.365. The van der Waals surface area contributed by atoms with Gasteiger partial charge in [0, 0.05) is 79.3 Å². The molecule has 0 aliphatic carbocycles. The minimum atomic E-state index is 0.365. The summed E-state index contributed by atoms with van der Waals surface area (Å²) in [6.07, 6.45) is 143. The predicted molar refractivity (Wildman–Crippen MR) is 584 cm³/mol. The van der Waals surface area contributed by atoms with Crippen molar-refractivity contribution in [1.29, 1.82) is 0 Å². The maximum Gasteiger partial charge on any atom is 0.0431 e. The molecule has 0 unspecified atom stereocenters. The molecule has 0 aliphatic heterocycles. The Hall–Kier alpha value is -0.480. The van der Waals surface area contributed by atoms with E-state index >= 15 is 0 Å². The van der Waals surface area contributed by atoms with Gasteiger partial charge in [0.05, 0.1) is 0 Å². The Balaban J connectivity index is -0.000000361. The van der Waals surface area contributed by atoms with Crippen molar-refractivity contribution in [1.82, 2.24) is 0 Å². The molecule has 0 amide bonds. The fourth-order valence-electron chi connectivity index (χ4n) is 18.3. The first-order valence-corrected chi connectivity index (χ1v) is 60.8. The van der Waals surface area contributed by atoms with Gasteiger partial charge >= 0.3 is 0 Å². The normalized spacial score (nSPS) is 11.2. The van der Waals surface area contributed by atoms with E-state index in [4.69, 9.17) is 61.3 Å². The van der Waals surface area contributed by atoms with Gasteiger partial charge in [-0.15, -0.1) is 0 Å². The molecule has 0 fully saturated rings. The van der Waals surface area contributed by atoms with E-state index in [0.717, 1.165) is 77.0 Å². The maximum absolute atomic E-state index is 8.69. The van der Waals surface area contributed by atoms with E-state index in [0.29, 0.717) is 79.3 Å². The lowest BCUT2D eigenvalue weighted by Crippen LogP contribution is -1.85. The van der Waals surface area contributed by atoms with Crippen molar-refractivity contribution >= 4 is 0 Å². The van der Waals surface area contributed by atoms with Crippen LogP contribution in [0.2, 0.25) is 0 Å². The Labute approximate surface area is 829 Å². The molecule has 0 saturated heterocycles. The highest BCUT2D eigenvalue weighted by atomic mass is 16.3. The van der Waals surface area contributed by atoms with Gasteiger partial charge < -0.3 is 61.3 Å². The van der Waals surface area contributed by atoms with Gasteiger partial charge in [0.1, 0.15) is 0 Å². The molecule has 0 aliphatic rings. The molecular formula is C120H252O12. The van der Waals surface area contributed by atoms with Gasteiger partial charge in [0.25, 0.3) is 0 Å². The van der Waals surface area contributed by atoms with E-state index in [9.17, 15) is 0 Å². The summed E-state index contributed by atoms with van der Waals surface area (Å²) in [6.45, 7) is 4.38. The molecule has 12 N–H and O–H groups in total. The van der Waals surface area contributed by atoms with Gasteiger partial charge in [-0.2, -0.15) is 0 Å². The molecule has 0 radical (unpaired) electrons. The Morgan fingerprint density at radius 2 is 0.0606 bits per heavy atom. The van der Waals surface area contributed by atoms with E-state index < -0.39 is 0 Å². The fraction of sp³-hybridized carbons (Fsp3) is 1.00. The summed E-state index contributed by atoms with van der Waals surface area (Å²) in [5.41, 5.74) is 0. The van der Waals surface area contributed by atoms with Crippen LogP contribution in [0.5, 0.6) is 0 Å². The molecular weight excluding hydrogens is 1630 g/mol. The van der Waals surface area contributed by atoms with Crippen molar-refractivity contribution in [2.24, 2.45) is 0 Å². The van der Waals surface area contributed by atoms with Crippen LogP contribution in [0.4, 0.5) is 0 Å². The quantitative estimate of drug-likeness (QED) is 0.0255. The summed E-state index contributed by atoms with van der Waals surface area (Å²) in [5, 5.41) is 104. The molecule has 0 aromatic carbocycles. The van der Waals surface area contributed by atoms with Gasteiger partial charge in [-0.25, -0.2) is 0 Å². The summed E-state index contributed by atoms with van der Waals surface area (Å²) >= 11 is 0. The van der Waals surface area contributed by atoms with Crippen LogP contribution in [0.1, 0.15) is 693 Å². The lowest BCUT2D eigenvalue weighted by Gasteiger charge is -2.03. The van der Waals surface area contributed by atoms with E-state index in [2.05, 4.69) is 0 Å². The fourth-order valence-corrected chi connectivity index (χ4v) is 18.3. The highest BCUT2D eigenvalue weighted by Crippen LogP contribution is 2.23. The van der Waals surface area contributed by atoms with E-state index in [1.807, 2.05) is 0 Å². The van der Waals surface area contributed by atoms with Crippen molar-refractivity contribution in [2.45, 2.75) is 693 Å². The molecule has 0 spiro atoms. The van der Waals surface area contributed by atoms with Crippen LogP contribution >= 0.6 is 0 Å². The highest BCUT2D eigenvalue weighted by molar-refractivity contribution is 4.60. The molecule has 0 aromatic heterocycles. The summed E-state index contributed by atoms with van der Waals surface area (Å²) in [6, 6.07) is 0. The molecule has 0 atom stereocenters. The third kappa shape index (κ3) is 166.